The molecule has 2 unspecified atom stereocenters. The second-order valence-electron chi connectivity index (χ2n) is 5.38. The van der Waals surface area contributed by atoms with Crippen molar-refractivity contribution < 1.29 is 5.11 Å². The highest BCUT2D eigenvalue weighted by molar-refractivity contribution is 9.10. The molecular weight excluding hydrogens is 308 g/mol. The van der Waals surface area contributed by atoms with Crippen molar-refractivity contribution >= 4 is 27.7 Å². The van der Waals surface area contributed by atoms with Gasteiger partial charge in [-0.3, -0.25) is 0 Å². The summed E-state index contributed by atoms with van der Waals surface area (Å²) in [5, 5.41) is 10.3. The minimum Gasteiger partial charge on any atom is -0.389 e. The van der Waals surface area contributed by atoms with Gasteiger partial charge in [-0.15, -0.1) is 11.8 Å². The maximum atomic E-state index is 9.57. The van der Waals surface area contributed by atoms with Gasteiger partial charge in [0.15, 0.2) is 0 Å². The highest BCUT2D eigenvalue weighted by Gasteiger charge is 2.20. The summed E-state index contributed by atoms with van der Waals surface area (Å²) in [4.78, 5) is 1.30. The van der Waals surface area contributed by atoms with Crippen LogP contribution in [0.1, 0.15) is 51.2 Å². The molecule has 0 radical (unpaired) electrons. The van der Waals surface area contributed by atoms with Gasteiger partial charge >= 0.3 is 0 Å². The molecule has 1 aliphatic carbocycles. The number of hydrogen-bond acceptors (Lipinski definition) is 2. The highest BCUT2D eigenvalue weighted by atomic mass is 79.9. The average molecular weight is 329 g/mol. The summed E-state index contributed by atoms with van der Waals surface area (Å²) in [7, 11) is 0. The Morgan fingerprint density at radius 2 is 2.17 bits per heavy atom. The van der Waals surface area contributed by atoms with E-state index in [4.69, 9.17) is 0 Å². The third-order valence-electron chi connectivity index (χ3n) is 3.62. The predicted molar refractivity (Wildman–Crippen MR) is 82.1 cm³/mol. The van der Waals surface area contributed by atoms with Crippen molar-refractivity contribution in [2.45, 2.75) is 55.8 Å². The van der Waals surface area contributed by atoms with Crippen molar-refractivity contribution in [3.8, 4) is 0 Å². The fourth-order valence-corrected chi connectivity index (χ4v) is 4.60. The SMILES string of the molecule is CC1CCCC(Sc2ccc([C@@H](C)O)cc2Br)C1. The first-order chi connectivity index (χ1) is 8.56. The van der Waals surface area contributed by atoms with Crippen LogP contribution in [-0.4, -0.2) is 10.4 Å². The Morgan fingerprint density at radius 1 is 1.39 bits per heavy atom. The van der Waals surface area contributed by atoms with E-state index in [1.165, 1.54) is 30.6 Å². The average Bonchev–Trinajstić information content (AvgIpc) is 2.31. The standard InChI is InChI=1S/C15H21BrOS/c1-10-4-3-5-13(8-10)18-15-7-6-12(11(2)17)9-14(15)16/h6-7,9-11,13,17H,3-5,8H2,1-2H3/t10?,11-,13?/m1/s1. The molecule has 0 heterocycles. The van der Waals surface area contributed by atoms with Crippen molar-refractivity contribution in [3.63, 3.8) is 0 Å². The quantitative estimate of drug-likeness (QED) is 0.825. The van der Waals surface area contributed by atoms with Crippen LogP contribution in [0, 0.1) is 5.92 Å². The maximum absolute atomic E-state index is 9.57. The zero-order valence-electron chi connectivity index (χ0n) is 11.0. The molecular formula is C15H21BrOS. The summed E-state index contributed by atoms with van der Waals surface area (Å²) < 4.78 is 1.11. The molecule has 1 aromatic carbocycles. The Bertz CT molecular complexity index is 405. The lowest BCUT2D eigenvalue weighted by Gasteiger charge is -2.26. The molecule has 0 aliphatic heterocycles. The van der Waals surface area contributed by atoms with E-state index in [2.05, 4.69) is 28.9 Å². The van der Waals surface area contributed by atoms with Crippen LogP contribution < -0.4 is 0 Å². The lowest BCUT2D eigenvalue weighted by molar-refractivity contribution is 0.199. The molecule has 100 valence electrons. The number of halogens is 1. The van der Waals surface area contributed by atoms with Gasteiger partial charge in [0.1, 0.15) is 0 Å². The smallest absolute Gasteiger partial charge is 0.0762 e. The maximum Gasteiger partial charge on any atom is 0.0762 e. The Kier molecular flexibility index (Phi) is 5.16. The molecule has 0 aromatic heterocycles. The third kappa shape index (κ3) is 3.75. The Balaban J connectivity index is 2.05. The Hall–Kier alpha value is 0.01000. The van der Waals surface area contributed by atoms with Crippen LogP contribution in [0.2, 0.25) is 0 Å². The lowest BCUT2D eigenvalue weighted by atomic mass is 9.91. The summed E-state index contributed by atoms with van der Waals surface area (Å²) in [6.07, 6.45) is 5.02. The molecule has 2 rings (SSSR count). The van der Waals surface area contributed by atoms with Gasteiger partial charge in [0.25, 0.3) is 0 Å². The largest absolute Gasteiger partial charge is 0.389 e. The van der Waals surface area contributed by atoms with Crippen LogP contribution in [0.3, 0.4) is 0 Å². The van der Waals surface area contributed by atoms with E-state index in [0.717, 1.165) is 21.2 Å². The molecule has 0 amide bonds. The lowest BCUT2D eigenvalue weighted by Crippen LogP contribution is -2.14. The molecule has 0 saturated heterocycles. The van der Waals surface area contributed by atoms with Crippen molar-refractivity contribution in [2.75, 3.05) is 0 Å². The van der Waals surface area contributed by atoms with Gasteiger partial charge in [-0.2, -0.15) is 0 Å². The first-order valence-electron chi connectivity index (χ1n) is 6.70. The number of aliphatic hydroxyl groups is 1. The first kappa shape index (κ1) is 14.4. The van der Waals surface area contributed by atoms with Crippen molar-refractivity contribution in [1.29, 1.82) is 0 Å². The topological polar surface area (TPSA) is 20.2 Å². The molecule has 18 heavy (non-hydrogen) atoms. The Morgan fingerprint density at radius 3 is 2.78 bits per heavy atom. The normalized spacial score (nSPS) is 26.0. The summed E-state index contributed by atoms with van der Waals surface area (Å²) in [5.41, 5.74) is 0.975. The Labute approximate surface area is 122 Å². The number of benzene rings is 1. The summed E-state index contributed by atoms with van der Waals surface area (Å²) in [6, 6.07) is 6.21. The van der Waals surface area contributed by atoms with E-state index >= 15 is 0 Å². The van der Waals surface area contributed by atoms with E-state index in [1.54, 1.807) is 6.92 Å². The zero-order chi connectivity index (χ0) is 13.1. The second-order valence-corrected chi connectivity index (χ2v) is 7.57. The van der Waals surface area contributed by atoms with Gasteiger partial charge in [-0.25, -0.2) is 0 Å². The fraction of sp³-hybridized carbons (Fsp3) is 0.600. The van der Waals surface area contributed by atoms with Crippen LogP contribution in [0.4, 0.5) is 0 Å². The molecule has 1 saturated carbocycles. The summed E-state index contributed by atoms with van der Waals surface area (Å²) in [6.45, 7) is 4.16. The van der Waals surface area contributed by atoms with Gasteiger partial charge in [0, 0.05) is 14.6 Å². The number of rotatable bonds is 3. The van der Waals surface area contributed by atoms with E-state index in [-0.39, 0.29) is 0 Å². The zero-order valence-corrected chi connectivity index (χ0v) is 13.4. The van der Waals surface area contributed by atoms with Gasteiger partial charge in [-0.1, -0.05) is 25.8 Å². The fourth-order valence-electron chi connectivity index (χ4n) is 2.54. The summed E-state index contributed by atoms with van der Waals surface area (Å²) >= 11 is 5.61. The van der Waals surface area contributed by atoms with Gasteiger partial charge < -0.3 is 5.11 Å². The van der Waals surface area contributed by atoms with Crippen molar-refractivity contribution in [1.82, 2.24) is 0 Å². The molecule has 0 spiro atoms. The molecule has 1 aliphatic rings. The highest BCUT2D eigenvalue weighted by Crippen LogP contribution is 2.39. The van der Waals surface area contributed by atoms with Gasteiger partial charge in [-0.05, 0) is 59.3 Å². The number of aliphatic hydroxyl groups excluding tert-OH is 1. The molecule has 1 nitrogen and oxygen atoms in total. The third-order valence-corrected chi connectivity index (χ3v) is 5.91. The van der Waals surface area contributed by atoms with E-state index in [0.29, 0.717) is 0 Å². The monoisotopic (exact) mass is 328 g/mol. The van der Waals surface area contributed by atoms with Crippen LogP contribution >= 0.6 is 27.7 Å². The number of hydrogen-bond donors (Lipinski definition) is 1. The van der Waals surface area contributed by atoms with Crippen molar-refractivity contribution in [2.24, 2.45) is 5.92 Å². The summed E-state index contributed by atoms with van der Waals surface area (Å²) in [5.74, 6) is 0.867. The minimum atomic E-state index is -0.393. The van der Waals surface area contributed by atoms with E-state index in [9.17, 15) is 5.11 Å². The van der Waals surface area contributed by atoms with Crippen molar-refractivity contribution in [3.05, 3.63) is 28.2 Å². The second kappa shape index (κ2) is 6.44. The van der Waals surface area contributed by atoms with Crippen LogP contribution in [-0.2, 0) is 0 Å². The van der Waals surface area contributed by atoms with Crippen LogP contribution in [0.5, 0.6) is 0 Å². The van der Waals surface area contributed by atoms with Crippen LogP contribution in [0.15, 0.2) is 27.6 Å². The van der Waals surface area contributed by atoms with E-state index < -0.39 is 6.10 Å². The molecule has 1 fully saturated rings. The van der Waals surface area contributed by atoms with Gasteiger partial charge in [0.05, 0.1) is 6.10 Å². The molecule has 3 atom stereocenters. The molecule has 3 heteroatoms. The number of thioether (sulfide) groups is 1. The molecule has 0 bridgehead atoms. The van der Waals surface area contributed by atoms with Crippen LogP contribution in [0.25, 0.3) is 0 Å². The molecule has 1 N–H and O–H groups in total. The first-order valence-corrected chi connectivity index (χ1v) is 8.37. The van der Waals surface area contributed by atoms with Gasteiger partial charge in [0.2, 0.25) is 0 Å². The molecule has 1 aromatic rings. The van der Waals surface area contributed by atoms with E-state index in [1.807, 2.05) is 23.9 Å². The minimum absolute atomic E-state index is 0.393. The predicted octanol–water partition coefficient (Wildman–Crippen LogP) is 5.17.